The Morgan fingerprint density at radius 1 is 1.27 bits per heavy atom. The number of hydrogen-bond acceptors (Lipinski definition) is 6. The summed E-state index contributed by atoms with van der Waals surface area (Å²) in [6.45, 7) is 2.91. The normalized spacial score (nSPS) is 22.1. The molecule has 2 aliphatic heterocycles. The molecule has 0 spiro atoms. The molecule has 3 atom stereocenters. The molecule has 0 amide bonds. The second kappa shape index (κ2) is 7.66. The first-order valence-electron chi connectivity index (χ1n) is 9.57. The monoisotopic (exact) mass is 411 g/mol. The topological polar surface area (TPSA) is 121 Å². The molecule has 0 unspecified atom stereocenters. The van der Waals surface area contributed by atoms with E-state index in [2.05, 4.69) is 46.9 Å². The number of carbonyl (C=O) groups is 1. The molecule has 0 aliphatic carbocycles. The molecule has 0 saturated heterocycles. The van der Waals surface area contributed by atoms with E-state index in [1.807, 2.05) is 6.07 Å². The third-order valence-corrected chi connectivity index (χ3v) is 5.97. The van der Waals surface area contributed by atoms with Gasteiger partial charge in [0.25, 0.3) is 0 Å². The molecule has 2 aliphatic rings. The highest BCUT2D eigenvalue weighted by Crippen LogP contribution is 2.38. The SMILES string of the molecule is COC(=O)C1=CO[C@@H](C)[C@H]2C[n+]3ccc4c([nH]c5ccccc54)c3C[C@H]12.O=[N+]([O-])[O-]. The van der Waals surface area contributed by atoms with E-state index in [4.69, 9.17) is 24.8 Å². The number of methoxy groups -OCH3 is 1. The highest BCUT2D eigenvalue weighted by molar-refractivity contribution is 6.07. The minimum absolute atomic E-state index is 0.0764. The maximum Gasteiger partial charge on any atom is 0.337 e. The highest BCUT2D eigenvalue weighted by Gasteiger charge is 2.45. The van der Waals surface area contributed by atoms with Gasteiger partial charge in [0, 0.05) is 34.7 Å². The third-order valence-electron chi connectivity index (χ3n) is 5.97. The Balaban J connectivity index is 0.000000503. The van der Waals surface area contributed by atoms with Gasteiger partial charge in [-0.1, -0.05) is 18.2 Å². The fraction of sp³-hybridized carbons (Fsp3) is 0.333. The maximum atomic E-state index is 12.3. The van der Waals surface area contributed by atoms with Crippen LogP contribution in [0, 0.1) is 27.2 Å². The number of H-pyrrole nitrogens is 1. The number of aromatic amines is 1. The van der Waals surface area contributed by atoms with Crippen LogP contribution in [-0.4, -0.2) is 29.3 Å². The summed E-state index contributed by atoms with van der Waals surface area (Å²) in [7, 11) is 1.43. The largest absolute Gasteiger partial charge is 0.497 e. The number of aromatic nitrogens is 2. The van der Waals surface area contributed by atoms with Crippen molar-refractivity contribution >= 4 is 27.8 Å². The average Bonchev–Trinajstić information content (AvgIpc) is 3.11. The lowest BCUT2D eigenvalue weighted by Crippen LogP contribution is -2.53. The lowest BCUT2D eigenvalue weighted by Gasteiger charge is -2.36. The molecule has 1 N–H and O–H groups in total. The third kappa shape index (κ3) is 3.32. The molecule has 1 aromatic carbocycles. The van der Waals surface area contributed by atoms with Crippen molar-refractivity contribution in [3.8, 4) is 0 Å². The van der Waals surface area contributed by atoms with Gasteiger partial charge in [0.15, 0.2) is 12.7 Å². The standard InChI is InChI=1S/C21H20N2O3.NO3/c1-12-16-10-23-8-7-14-13-5-3-4-6-18(13)22-20(14)19(23)9-15(16)17(11-26-12)21(24)25-2;2-1(3)4/h3-8,11-12,15-16H,9-10H2,1-2H3;/q;-1/p+1/t12-,15-,16+;/m0./s1. The van der Waals surface area contributed by atoms with Crippen molar-refractivity contribution in [2.45, 2.75) is 26.0 Å². The van der Waals surface area contributed by atoms with Gasteiger partial charge < -0.3 is 29.8 Å². The first-order valence-corrected chi connectivity index (χ1v) is 9.57. The number of para-hydroxylation sites is 1. The van der Waals surface area contributed by atoms with E-state index < -0.39 is 5.09 Å². The molecule has 2 aromatic heterocycles. The number of hydrogen-bond donors (Lipinski definition) is 1. The minimum Gasteiger partial charge on any atom is -0.497 e. The minimum atomic E-state index is -1.75. The van der Waals surface area contributed by atoms with Gasteiger partial charge in [-0.15, -0.1) is 0 Å². The van der Waals surface area contributed by atoms with E-state index in [1.54, 1.807) is 6.26 Å². The van der Waals surface area contributed by atoms with E-state index in [9.17, 15) is 4.79 Å². The Morgan fingerprint density at radius 2 is 2.00 bits per heavy atom. The van der Waals surface area contributed by atoms with Gasteiger partial charge in [0.1, 0.15) is 11.6 Å². The molecule has 156 valence electrons. The predicted octanol–water partition coefficient (Wildman–Crippen LogP) is 2.63. The smallest absolute Gasteiger partial charge is 0.337 e. The van der Waals surface area contributed by atoms with Crippen LogP contribution in [0.15, 0.2) is 48.4 Å². The number of fused-ring (bicyclic) bond motifs is 6. The molecular formula is C21H21N3O6. The van der Waals surface area contributed by atoms with Gasteiger partial charge >= 0.3 is 5.97 Å². The van der Waals surface area contributed by atoms with Crippen molar-refractivity contribution in [3.05, 3.63) is 69.4 Å². The van der Waals surface area contributed by atoms with Gasteiger partial charge in [0.2, 0.25) is 5.69 Å². The molecule has 9 heteroatoms. The Labute approximate surface area is 171 Å². The fourth-order valence-corrected chi connectivity index (χ4v) is 4.57. The number of pyridine rings is 1. The van der Waals surface area contributed by atoms with E-state index in [0.29, 0.717) is 5.57 Å². The van der Waals surface area contributed by atoms with Gasteiger partial charge in [-0.05, 0) is 13.0 Å². The van der Waals surface area contributed by atoms with Crippen LogP contribution < -0.4 is 4.57 Å². The summed E-state index contributed by atoms with van der Waals surface area (Å²) < 4.78 is 13.0. The second-order valence-electron chi connectivity index (χ2n) is 7.48. The number of nitrogens with one attached hydrogen (secondary N) is 1. The number of ether oxygens (including phenoxy) is 2. The summed E-state index contributed by atoms with van der Waals surface area (Å²) in [5, 5.41) is 17.2. The van der Waals surface area contributed by atoms with Crippen LogP contribution in [0.5, 0.6) is 0 Å². The Kier molecular flexibility index (Phi) is 5.03. The van der Waals surface area contributed by atoms with Crippen LogP contribution in [0.3, 0.4) is 0 Å². The van der Waals surface area contributed by atoms with Crippen LogP contribution in [-0.2, 0) is 27.2 Å². The molecule has 0 radical (unpaired) electrons. The maximum absolute atomic E-state index is 12.3. The van der Waals surface area contributed by atoms with Gasteiger partial charge in [-0.25, -0.2) is 9.36 Å². The van der Waals surface area contributed by atoms with Crippen molar-refractivity contribution in [1.29, 1.82) is 0 Å². The van der Waals surface area contributed by atoms with E-state index >= 15 is 0 Å². The van der Waals surface area contributed by atoms with E-state index in [0.717, 1.165) is 24.0 Å². The van der Waals surface area contributed by atoms with Crippen molar-refractivity contribution in [2.24, 2.45) is 11.8 Å². The Bertz CT molecular complexity index is 1160. The van der Waals surface area contributed by atoms with Crippen molar-refractivity contribution in [2.75, 3.05) is 7.11 Å². The predicted molar refractivity (Wildman–Crippen MR) is 108 cm³/mol. The molecule has 0 fully saturated rings. The van der Waals surface area contributed by atoms with Crippen LogP contribution >= 0.6 is 0 Å². The molecule has 9 nitrogen and oxygen atoms in total. The molecule has 3 aromatic rings. The zero-order valence-corrected chi connectivity index (χ0v) is 16.5. The summed E-state index contributed by atoms with van der Waals surface area (Å²) in [6, 6.07) is 10.5. The molecule has 30 heavy (non-hydrogen) atoms. The molecule has 4 heterocycles. The number of esters is 1. The summed E-state index contributed by atoms with van der Waals surface area (Å²) in [5.41, 5.74) is 4.19. The van der Waals surface area contributed by atoms with Crippen LogP contribution in [0.25, 0.3) is 21.8 Å². The first-order chi connectivity index (χ1) is 14.4. The molecule has 5 rings (SSSR count). The number of carbonyl (C=O) groups excluding carboxylic acids is 1. The van der Waals surface area contributed by atoms with Crippen LogP contribution in [0.1, 0.15) is 12.6 Å². The van der Waals surface area contributed by atoms with Crippen molar-refractivity contribution in [3.63, 3.8) is 0 Å². The molecule has 0 saturated carbocycles. The Hall–Kier alpha value is -3.62. The molecule has 0 bridgehead atoms. The van der Waals surface area contributed by atoms with Gasteiger partial charge in [-0.3, -0.25) is 0 Å². The number of nitrogens with zero attached hydrogens (tertiary/aromatic N) is 2. The number of rotatable bonds is 1. The van der Waals surface area contributed by atoms with Gasteiger partial charge in [0.05, 0.1) is 29.9 Å². The Morgan fingerprint density at radius 3 is 2.73 bits per heavy atom. The second-order valence-corrected chi connectivity index (χ2v) is 7.48. The van der Waals surface area contributed by atoms with Gasteiger partial charge in [-0.2, -0.15) is 0 Å². The molecular weight excluding hydrogens is 390 g/mol. The lowest BCUT2D eigenvalue weighted by molar-refractivity contribution is -0.717. The summed E-state index contributed by atoms with van der Waals surface area (Å²) >= 11 is 0. The zero-order valence-electron chi connectivity index (χ0n) is 16.5. The summed E-state index contributed by atoms with van der Waals surface area (Å²) in [6.07, 6.45) is 4.64. The lowest BCUT2D eigenvalue weighted by atomic mass is 9.76. The summed E-state index contributed by atoms with van der Waals surface area (Å²) in [5.74, 6) is 0.0841. The van der Waals surface area contributed by atoms with E-state index in [1.165, 1.54) is 23.6 Å². The quantitative estimate of drug-likeness (QED) is 0.284. The average molecular weight is 411 g/mol. The zero-order chi connectivity index (χ0) is 21.4. The van der Waals surface area contributed by atoms with E-state index in [-0.39, 0.29) is 23.9 Å². The van der Waals surface area contributed by atoms with Crippen LogP contribution in [0.2, 0.25) is 0 Å². The van der Waals surface area contributed by atoms with Crippen LogP contribution in [0.4, 0.5) is 0 Å². The summed E-state index contributed by atoms with van der Waals surface area (Å²) in [4.78, 5) is 24.1. The van der Waals surface area contributed by atoms with Crippen molar-refractivity contribution in [1.82, 2.24) is 4.98 Å². The highest BCUT2D eigenvalue weighted by atomic mass is 16.9. The fourth-order valence-electron chi connectivity index (χ4n) is 4.57. The first kappa shape index (κ1) is 19.7. The number of benzene rings is 1. The van der Waals surface area contributed by atoms with Crippen molar-refractivity contribution < 1.29 is 23.9 Å².